The van der Waals surface area contributed by atoms with E-state index in [1.807, 2.05) is 54.6 Å². The molecule has 1 aromatic heterocycles. The van der Waals surface area contributed by atoms with Crippen molar-refractivity contribution < 1.29 is 8.78 Å². The number of hydrogen-bond acceptors (Lipinski definition) is 1. The average molecular weight is 306 g/mol. The Morgan fingerprint density at radius 3 is 2.30 bits per heavy atom. The van der Waals surface area contributed by atoms with E-state index in [4.69, 9.17) is 0 Å². The summed E-state index contributed by atoms with van der Waals surface area (Å²) in [6.45, 7) is 0. The minimum Gasteiger partial charge on any atom is -0.232 e. The highest BCUT2D eigenvalue weighted by molar-refractivity contribution is 5.94. The third-order valence-corrected chi connectivity index (χ3v) is 3.77. The van der Waals surface area contributed by atoms with Gasteiger partial charge in [-0.2, -0.15) is 5.10 Å². The minimum absolute atomic E-state index is 0.323. The SMILES string of the molecule is Fc1ccc(-c2c3ccccc3nn2-c2ccccc2)c(F)c1. The summed E-state index contributed by atoms with van der Waals surface area (Å²) in [7, 11) is 0. The van der Waals surface area contributed by atoms with Gasteiger partial charge < -0.3 is 0 Å². The zero-order chi connectivity index (χ0) is 15.8. The maximum absolute atomic E-state index is 14.4. The summed E-state index contributed by atoms with van der Waals surface area (Å²) in [6.07, 6.45) is 0. The van der Waals surface area contributed by atoms with Gasteiger partial charge in [0.15, 0.2) is 0 Å². The molecule has 0 bridgehead atoms. The Morgan fingerprint density at radius 2 is 1.52 bits per heavy atom. The van der Waals surface area contributed by atoms with Crippen LogP contribution in [0.25, 0.3) is 27.8 Å². The third kappa shape index (κ3) is 2.28. The number of fused-ring (bicyclic) bond motifs is 1. The second-order valence-electron chi connectivity index (χ2n) is 5.24. The lowest BCUT2D eigenvalue weighted by atomic mass is 10.1. The van der Waals surface area contributed by atoms with Crippen LogP contribution in [0.5, 0.6) is 0 Å². The van der Waals surface area contributed by atoms with Crippen molar-refractivity contribution in [1.29, 1.82) is 0 Å². The molecule has 4 aromatic rings. The van der Waals surface area contributed by atoms with E-state index in [-0.39, 0.29) is 0 Å². The Hall–Kier alpha value is -3.01. The maximum atomic E-state index is 14.4. The summed E-state index contributed by atoms with van der Waals surface area (Å²) in [5, 5.41) is 5.40. The number of nitrogens with zero attached hydrogens (tertiary/aromatic N) is 2. The zero-order valence-electron chi connectivity index (χ0n) is 12.1. The highest BCUT2D eigenvalue weighted by Crippen LogP contribution is 2.32. The monoisotopic (exact) mass is 306 g/mol. The molecule has 0 amide bonds. The maximum Gasteiger partial charge on any atom is 0.135 e. The van der Waals surface area contributed by atoms with Crippen LogP contribution < -0.4 is 0 Å². The molecule has 3 aromatic carbocycles. The molecule has 2 nitrogen and oxygen atoms in total. The van der Waals surface area contributed by atoms with E-state index in [2.05, 4.69) is 5.10 Å². The third-order valence-electron chi connectivity index (χ3n) is 3.77. The number of aromatic nitrogens is 2. The van der Waals surface area contributed by atoms with Gasteiger partial charge >= 0.3 is 0 Å². The van der Waals surface area contributed by atoms with Crippen LogP contribution in [0.15, 0.2) is 72.8 Å². The van der Waals surface area contributed by atoms with Crippen molar-refractivity contribution in [2.45, 2.75) is 0 Å². The zero-order valence-corrected chi connectivity index (χ0v) is 12.1. The Balaban J connectivity index is 2.08. The predicted octanol–water partition coefficient (Wildman–Crippen LogP) is 4.97. The van der Waals surface area contributed by atoms with E-state index >= 15 is 0 Å². The molecule has 0 aliphatic rings. The Labute approximate surface area is 131 Å². The molecule has 0 fully saturated rings. The van der Waals surface area contributed by atoms with Gasteiger partial charge in [0, 0.05) is 17.0 Å². The smallest absolute Gasteiger partial charge is 0.135 e. The summed E-state index contributed by atoms with van der Waals surface area (Å²) in [6, 6.07) is 20.6. The minimum atomic E-state index is -0.604. The van der Waals surface area contributed by atoms with E-state index in [1.54, 1.807) is 4.68 Å². The standard InChI is InChI=1S/C19H12F2N2/c20-13-10-11-15(17(21)12-13)19-16-8-4-5-9-18(16)22-23(19)14-6-2-1-3-7-14/h1-12H. The Morgan fingerprint density at radius 1 is 0.783 bits per heavy atom. The molecule has 0 N–H and O–H groups in total. The number of benzene rings is 3. The fourth-order valence-electron chi connectivity index (χ4n) is 2.73. The molecule has 0 atom stereocenters. The number of hydrogen-bond donors (Lipinski definition) is 0. The van der Waals surface area contributed by atoms with Crippen molar-refractivity contribution in [2.75, 3.05) is 0 Å². The van der Waals surface area contributed by atoms with Crippen molar-refractivity contribution in [2.24, 2.45) is 0 Å². The molecule has 0 saturated heterocycles. The lowest BCUT2D eigenvalue weighted by Gasteiger charge is -2.09. The van der Waals surface area contributed by atoms with Crippen LogP contribution in [0, 0.1) is 11.6 Å². The van der Waals surface area contributed by atoms with Crippen LogP contribution >= 0.6 is 0 Å². The molecule has 0 aliphatic heterocycles. The first-order valence-electron chi connectivity index (χ1n) is 7.22. The molecule has 0 radical (unpaired) electrons. The van der Waals surface area contributed by atoms with Crippen LogP contribution in [0.3, 0.4) is 0 Å². The van der Waals surface area contributed by atoms with Crippen LogP contribution in [-0.4, -0.2) is 9.78 Å². The van der Waals surface area contributed by atoms with E-state index < -0.39 is 11.6 Å². The molecular weight excluding hydrogens is 294 g/mol. The molecule has 0 unspecified atom stereocenters. The lowest BCUT2D eigenvalue weighted by Crippen LogP contribution is -2.00. The van der Waals surface area contributed by atoms with E-state index in [0.717, 1.165) is 22.7 Å². The molecule has 1 heterocycles. The fourth-order valence-corrected chi connectivity index (χ4v) is 2.73. The Bertz CT molecular complexity index is 991. The predicted molar refractivity (Wildman–Crippen MR) is 86.4 cm³/mol. The number of halogens is 2. The first-order valence-corrected chi connectivity index (χ1v) is 7.22. The van der Waals surface area contributed by atoms with Crippen molar-refractivity contribution in [3.8, 4) is 16.9 Å². The van der Waals surface area contributed by atoms with Crippen molar-refractivity contribution in [3.05, 3.63) is 84.4 Å². The van der Waals surface area contributed by atoms with Gasteiger partial charge in [-0.05, 0) is 30.3 Å². The molecular formula is C19H12F2N2. The molecule has 4 heteroatoms. The largest absolute Gasteiger partial charge is 0.232 e. The van der Waals surface area contributed by atoms with Gasteiger partial charge in [-0.3, -0.25) is 0 Å². The van der Waals surface area contributed by atoms with Crippen LogP contribution in [0.1, 0.15) is 0 Å². The summed E-state index contributed by atoms with van der Waals surface area (Å²) < 4.78 is 29.3. The highest BCUT2D eigenvalue weighted by atomic mass is 19.1. The molecule has 0 aliphatic carbocycles. The van der Waals surface area contributed by atoms with Crippen LogP contribution in [0.2, 0.25) is 0 Å². The van der Waals surface area contributed by atoms with Crippen molar-refractivity contribution >= 4 is 10.9 Å². The van der Waals surface area contributed by atoms with Gasteiger partial charge in [0.1, 0.15) is 11.6 Å². The lowest BCUT2D eigenvalue weighted by molar-refractivity contribution is 0.585. The first kappa shape index (κ1) is 13.6. The van der Waals surface area contributed by atoms with Gasteiger partial charge in [-0.15, -0.1) is 0 Å². The molecule has 0 spiro atoms. The first-order chi connectivity index (χ1) is 11.2. The van der Waals surface area contributed by atoms with Crippen molar-refractivity contribution in [1.82, 2.24) is 9.78 Å². The van der Waals surface area contributed by atoms with Crippen molar-refractivity contribution in [3.63, 3.8) is 0 Å². The van der Waals surface area contributed by atoms with E-state index in [9.17, 15) is 8.78 Å². The highest BCUT2D eigenvalue weighted by Gasteiger charge is 2.17. The van der Waals surface area contributed by atoms with Gasteiger partial charge in [0.2, 0.25) is 0 Å². The quantitative estimate of drug-likeness (QED) is 0.511. The summed E-state index contributed by atoms with van der Waals surface area (Å²) in [5.74, 6) is -1.20. The second-order valence-corrected chi connectivity index (χ2v) is 5.24. The topological polar surface area (TPSA) is 17.8 Å². The Kier molecular flexibility index (Phi) is 3.15. The van der Waals surface area contributed by atoms with E-state index in [0.29, 0.717) is 11.3 Å². The number of para-hydroxylation sites is 1. The van der Waals surface area contributed by atoms with Gasteiger partial charge in [-0.25, -0.2) is 13.5 Å². The van der Waals surface area contributed by atoms with Crippen LogP contribution in [0.4, 0.5) is 8.78 Å². The summed E-state index contributed by atoms with van der Waals surface area (Å²) in [4.78, 5) is 0. The van der Waals surface area contributed by atoms with Crippen LogP contribution in [-0.2, 0) is 0 Å². The average Bonchev–Trinajstić information content (AvgIpc) is 2.95. The molecule has 23 heavy (non-hydrogen) atoms. The summed E-state index contributed by atoms with van der Waals surface area (Å²) in [5.41, 5.74) is 2.52. The van der Waals surface area contributed by atoms with E-state index in [1.165, 1.54) is 12.1 Å². The number of rotatable bonds is 2. The fraction of sp³-hybridized carbons (Fsp3) is 0. The van der Waals surface area contributed by atoms with Gasteiger partial charge in [0.05, 0.1) is 16.9 Å². The molecule has 0 saturated carbocycles. The van der Waals surface area contributed by atoms with Gasteiger partial charge in [-0.1, -0.05) is 36.4 Å². The summed E-state index contributed by atoms with van der Waals surface area (Å²) >= 11 is 0. The van der Waals surface area contributed by atoms with Gasteiger partial charge in [0.25, 0.3) is 0 Å². The molecule has 112 valence electrons. The molecule has 4 rings (SSSR count). The normalized spacial score (nSPS) is 11.0. The second kappa shape index (κ2) is 5.32.